The van der Waals surface area contributed by atoms with E-state index in [2.05, 4.69) is 60.7 Å². The predicted octanol–water partition coefficient (Wildman–Crippen LogP) is 2.72. The van der Waals surface area contributed by atoms with Crippen molar-refractivity contribution < 1.29 is 0 Å². The Hall–Kier alpha value is -0.870. The average molecular weight is 294 g/mol. The molecule has 1 N–H and O–H groups in total. The average Bonchev–Trinajstić information content (AvgIpc) is 2.90. The Bertz CT molecular complexity index is 382. The van der Waals surface area contributed by atoms with Crippen LogP contribution in [0.1, 0.15) is 52.4 Å². The highest BCUT2D eigenvalue weighted by Gasteiger charge is 2.14. The van der Waals surface area contributed by atoms with Gasteiger partial charge < -0.3 is 10.2 Å². The molecule has 1 aromatic heterocycles. The zero-order chi connectivity index (χ0) is 15.7. The van der Waals surface area contributed by atoms with E-state index in [0.717, 1.165) is 39.0 Å². The second-order valence-electron chi connectivity index (χ2n) is 5.57. The van der Waals surface area contributed by atoms with Crippen molar-refractivity contribution in [2.45, 2.75) is 66.5 Å². The van der Waals surface area contributed by atoms with Crippen molar-refractivity contribution >= 4 is 0 Å². The molecule has 0 aliphatic heterocycles. The van der Waals surface area contributed by atoms with Crippen LogP contribution in [0.25, 0.3) is 0 Å². The van der Waals surface area contributed by atoms with Crippen LogP contribution in [-0.4, -0.2) is 46.9 Å². The molecule has 1 aromatic rings. The number of likely N-dealkylation sites (N-methyl/N-ethyl adjacent to an activating group) is 1. The van der Waals surface area contributed by atoms with Gasteiger partial charge in [-0.2, -0.15) is 5.10 Å². The molecule has 4 heteroatoms. The molecule has 0 radical (unpaired) electrons. The third-order valence-corrected chi connectivity index (χ3v) is 4.21. The Morgan fingerprint density at radius 1 is 1.19 bits per heavy atom. The maximum atomic E-state index is 4.67. The normalized spacial score (nSPS) is 13.0. The van der Waals surface area contributed by atoms with Gasteiger partial charge >= 0.3 is 0 Å². The van der Waals surface area contributed by atoms with Gasteiger partial charge in [-0.25, -0.2) is 0 Å². The first-order valence-corrected chi connectivity index (χ1v) is 8.69. The first kappa shape index (κ1) is 18.2. The van der Waals surface area contributed by atoms with E-state index in [1.807, 2.05) is 0 Å². The lowest BCUT2D eigenvalue weighted by Crippen LogP contribution is -2.36. The van der Waals surface area contributed by atoms with Gasteiger partial charge in [0.25, 0.3) is 0 Å². The molecule has 0 aliphatic rings. The molecule has 1 unspecified atom stereocenters. The van der Waals surface area contributed by atoms with Crippen molar-refractivity contribution in [2.75, 3.05) is 26.2 Å². The molecule has 122 valence electrons. The number of hydrogen-bond acceptors (Lipinski definition) is 3. The molecule has 1 atom stereocenters. The minimum absolute atomic E-state index is 0.544. The summed E-state index contributed by atoms with van der Waals surface area (Å²) in [7, 11) is 0. The molecular weight excluding hydrogens is 260 g/mol. The summed E-state index contributed by atoms with van der Waals surface area (Å²) >= 11 is 0. The monoisotopic (exact) mass is 294 g/mol. The van der Waals surface area contributed by atoms with Crippen LogP contribution in [0.15, 0.2) is 6.07 Å². The molecule has 21 heavy (non-hydrogen) atoms. The summed E-state index contributed by atoms with van der Waals surface area (Å²) in [6.45, 7) is 16.5. The molecule has 0 saturated heterocycles. The minimum Gasteiger partial charge on any atom is -0.314 e. The molecular formula is C17H34N4. The van der Waals surface area contributed by atoms with E-state index < -0.39 is 0 Å². The van der Waals surface area contributed by atoms with Crippen LogP contribution >= 0.6 is 0 Å². The Balaban J connectivity index is 2.66. The SMILES string of the molecule is CCNC(CCN(CC)CC)Cc1cc(CC)nn1CC. The highest BCUT2D eigenvalue weighted by Crippen LogP contribution is 2.11. The third kappa shape index (κ3) is 5.79. The van der Waals surface area contributed by atoms with Gasteiger partial charge in [0.15, 0.2) is 0 Å². The Morgan fingerprint density at radius 3 is 2.43 bits per heavy atom. The minimum atomic E-state index is 0.544. The van der Waals surface area contributed by atoms with Crippen LogP contribution in [-0.2, 0) is 19.4 Å². The van der Waals surface area contributed by atoms with Crippen LogP contribution in [0.4, 0.5) is 0 Å². The van der Waals surface area contributed by atoms with Gasteiger partial charge in [0.2, 0.25) is 0 Å². The fraction of sp³-hybridized carbons (Fsp3) is 0.824. The van der Waals surface area contributed by atoms with Crippen molar-refractivity contribution in [1.82, 2.24) is 20.0 Å². The number of nitrogens with zero attached hydrogens (tertiary/aromatic N) is 3. The largest absolute Gasteiger partial charge is 0.314 e. The second-order valence-corrected chi connectivity index (χ2v) is 5.57. The second kappa shape index (κ2) is 9.96. The Kier molecular flexibility index (Phi) is 8.62. The zero-order valence-electron chi connectivity index (χ0n) is 14.7. The van der Waals surface area contributed by atoms with E-state index in [4.69, 9.17) is 0 Å². The molecule has 0 amide bonds. The molecule has 0 bridgehead atoms. The van der Waals surface area contributed by atoms with Gasteiger partial charge in [-0.3, -0.25) is 4.68 Å². The van der Waals surface area contributed by atoms with Crippen molar-refractivity contribution in [3.8, 4) is 0 Å². The van der Waals surface area contributed by atoms with E-state index in [1.165, 1.54) is 24.4 Å². The van der Waals surface area contributed by atoms with Crippen LogP contribution in [0.2, 0.25) is 0 Å². The smallest absolute Gasteiger partial charge is 0.0624 e. The molecule has 0 spiro atoms. The van der Waals surface area contributed by atoms with Crippen LogP contribution in [0.3, 0.4) is 0 Å². The maximum Gasteiger partial charge on any atom is 0.0624 e. The molecule has 4 nitrogen and oxygen atoms in total. The van der Waals surface area contributed by atoms with E-state index >= 15 is 0 Å². The Labute approximate surface area is 130 Å². The van der Waals surface area contributed by atoms with Crippen molar-refractivity contribution in [1.29, 1.82) is 0 Å². The van der Waals surface area contributed by atoms with Crippen LogP contribution < -0.4 is 5.32 Å². The van der Waals surface area contributed by atoms with E-state index in [9.17, 15) is 0 Å². The number of hydrogen-bond donors (Lipinski definition) is 1. The lowest BCUT2D eigenvalue weighted by atomic mass is 10.1. The first-order chi connectivity index (χ1) is 10.2. The molecule has 1 rings (SSSR count). The molecule has 1 heterocycles. The summed E-state index contributed by atoms with van der Waals surface area (Å²) in [6, 6.07) is 2.83. The van der Waals surface area contributed by atoms with Gasteiger partial charge in [-0.1, -0.05) is 27.7 Å². The highest BCUT2D eigenvalue weighted by molar-refractivity contribution is 5.12. The number of rotatable bonds is 11. The highest BCUT2D eigenvalue weighted by atomic mass is 15.3. The molecule has 0 fully saturated rings. The summed E-state index contributed by atoms with van der Waals surface area (Å²) in [6.07, 6.45) is 3.30. The van der Waals surface area contributed by atoms with Gasteiger partial charge in [-0.05, 0) is 52.0 Å². The van der Waals surface area contributed by atoms with Gasteiger partial charge in [-0.15, -0.1) is 0 Å². The fourth-order valence-corrected chi connectivity index (χ4v) is 2.82. The summed E-state index contributed by atoms with van der Waals surface area (Å²) in [5, 5.41) is 8.31. The van der Waals surface area contributed by atoms with E-state index in [-0.39, 0.29) is 0 Å². The topological polar surface area (TPSA) is 33.1 Å². The molecule has 0 aromatic carbocycles. The zero-order valence-corrected chi connectivity index (χ0v) is 14.7. The quantitative estimate of drug-likeness (QED) is 0.681. The number of aromatic nitrogens is 2. The van der Waals surface area contributed by atoms with E-state index in [1.54, 1.807) is 0 Å². The lowest BCUT2D eigenvalue weighted by Gasteiger charge is -2.23. The third-order valence-electron chi connectivity index (χ3n) is 4.21. The lowest BCUT2D eigenvalue weighted by molar-refractivity contribution is 0.280. The molecule has 0 aliphatic carbocycles. The van der Waals surface area contributed by atoms with Gasteiger partial charge in [0.1, 0.15) is 0 Å². The maximum absolute atomic E-state index is 4.67. The first-order valence-electron chi connectivity index (χ1n) is 8.69. The fourth-order valence-electron chi connectivity index (χ4n) is 2.82. The summed E-state index contributed by atoms with van der Waals surface area (Å²) in [5.41, 5.74) is 2.59. The summed E-state index contributed by atoms with van der Waals surface area (Å²) in [5.74, 6) is 0. The Morgan fingerprint density at radius 2 is 1.90 bits per heavy atom. The van der Waals surface area contributed by atoms with Gasteiger partial charge in [0.05, 0.1) is 5.69 Å². The summed E-state index contributed by atoms with van der Waals surface area (Å²) in [4.78, 5) is 2.50. The van der Waals surface area contributed by atoms with Crippen molar-refractivity contribution in [3.63, 3.8) is 0 Å². The van der Waals surface area contributed by atoms with Gasteiger partial charge in [0, 0.05) is 24.7 Å². The number of nitrogens with one attached hydrogen (secondary N) is 1. The van der Waals surface area contributed by atoms with Crippen molar-refractivity contribution in [2.24, 2.45) is 0 Å². The molecule has 0 saturated carbocycles. The number of aryl methyl sites for hydroxylation is 2. The van der Waals surface area contributed by atoms with E-state index in [0.29, 0.717) is 6.04 Å². The van der Waals surface area contributed by atoms with Crippen LogP contribution in [0.5, 0.6) is 0 Å². The summed E-state index contributed by atoms with van der Waals surface area (Å²) < 4.78 is 2.17. The standard InChI is InChI=1S/C17H34N4/c1-6-15-13-17(21(10-5)19-15)14-16(18-7-2)11-12-20(8-3)9-4/h13,16,18H,6-12,14H2,1-5H3. The predicted molar refractivity (Wildman–Crippen MR) is 90.9 cm³/mol. The van der Waals surface area contributed by atoms with Crippen molar-refractivity contribution in [3.05, 3.63) is 17.5 Å². The van der Waals surface area contributed by atoms with Crippen LogP contribution in [0, 0.1) is 0 Å².